The number of carbonyl (C=O) groups is 2. The quantitative estimate of drug-likeness (QED) is 0.126. The predicted octanol–water partition coefficient (Wildman–Crippen LogP) is 8.43. The van der Waals surface area contributed by atoms with Crippen LogP contribution >= 0.6 is 11.8 Å². The van der Waals surface area contributed by atoms with Crippen LogP contribution in [0.1, 0.15) is 81.5 Å². The van der Waals surface area contributed by atoms with E-state index in [1.807, 2.05) is 101 Å². The third kappa shape index (κ3) is 11.9. The van der Waals surface area contributed by atoms with Gasteiger partial charge in [0.2, 0.25) is 0 Å². The van der Waals surface area contributed by atoms with Crippen molar-refractivity contribution in [1.82, 2.24) is 14.6 Å². The zero-order chi connectivity index (χ0) is 38.0. The van der Waals surface area contributed by atoms with Gasteiger partial charge in [0, 0.05) is 35.7 Å². The van der Waals surface area contributed by atoms with Crippen LogP contribution in [0.15, 0.2) is 107 Å². The molecule has 1 saturated heterocycles. The molecule has 0 saturated carbocycles. The molecule has 1 aliphatic rings. The molecule has 12 heteroatoms. The molecule has 1 aliphatic heterocycles. The molecule has 0 spiro atoms. The number of carbonyl (C=O) groups excluding carboxylic acids is 2. The van der Waals surface area contributed by atoms with Crippen LogP contribution in [-0.2, 0) is 30.7 Å². The van der Waals surface area contributed by atoms with Gasteiger partial charge in [0.15, 0.2) is 6.29 Å². The molecule has 10 nitrogen and oxygen atoms in total. The van der Waals surface area contributed by atoms with E-state index in [1.165, 1.54) is 36.3 Å². The van der Waals surface area contributed by atoms with Crippen LogP contribution in [0, 0.1) is 0 Å². The van der Waals surface area contributed by atoms with Gasteiger partial charge < -0.3 is 19.1 Å². The van der Waals surface area contributed by atoms with Crippen LogP contribution in [0.25, 0.3) is 11.1 Å². The second kappa shape index (κ2) is 18.2. The number of pyridine rings is 1. The van der Waals surface area contributed by atoms with Gasteiger partial charge in [-0.3, -0.25) is 9.78 Å². The third-order valence-electron chi connectivity index (χ3n) is 8.38. The summed E-state index contributed by atoms with van der Waals surface area (Å²) in [6.45, 7) is 11.0. The number of amides is 2. The van der Waals surface area contributed by atoms with Gasteiger partial charge in [-0.05, 0) is 93.0 Å². The first-order valence-electron chi connectivity index (χ1n) is 17.9. The number of hydrogen-bond acceptors (Lipinski definition) is 9. The Balaban J connectivity index is 1.32. The minimum atomic E-state index is -4.09. The molecule has 282 valence electrons. The maximum atomic E-state index is 13.6. The van der Waals surface area contributed by atoms with E-state index in [0.717, 1.165) is 41.5 Å². The molecule has 1 unspecified atom stereocenters. The normalized spacial score (nSPS) is 15.5. The van der Waals surface area contributed by atoms with E-state index in [1.54, 1.807) is 11.0 Å². The van der Waals surface area contributed by atoms with Crippen LogP contribution in [0.4, 0.5) is 4.79 Å². The monoisotopic (exact) mass is 759 g/mol. The van der Waals surface area contributed by atoms with E-state index >= 15 is 0 Å². The molecule has 2 amide bonds. The Bertz CT molecular complexity index is 1910. The molecule has 0 aliphatic carbocycles. The van der Waals surface area contributed by atoms with E-state index in [0.29, 0.717) is 31.0 Å². The molecule has 4 aromatic rings. The lowest BCUT2D eigenvalue weighted by Gasteiger charge is -2.33. The number of hydrogen-bond donors (Lipinski definition) is 1. The summed E-state index contributed by atoms with van der Waals surface area (Å²) in [4.78, 5) is 33.0. The first kappa shape index (κ1) is 40.0. The van der Waals surface area contributed by atoms with Crippen molar-refractivity contribution >= 4 is 33.8 Å². The summed E-state index contributed by atoms with van der Waals surface area (Å²) in [6, 6.07) is 26.3. The maximum Gasteiger partial charge on any atom is 0.410 e. The SMILES string of the molecule is CC(C)Sc1cc(-c2ccc(CCN(C[C@H](OC3CCCCO3)c3ccccc3)C(=O)OC(C)(C)C)cc2)ccc1C(=O)NS(=O)(=O)c1cccnc1. The third-order valence-corrected chi connectivity index (χ3v) is 10.8. The Morgan fingerprint density at radius 2 is 1.72 bits per heavy atom. The lowest BCUT2D eigenvalue weighted by molar-refractivity contribution is -0.192. The summed E-state index contributed by atoms with van der Waals surface area (Å²) >= 11 is 1.48. The van der Waals surface area contributed by atoms with Gasteiger partial charge in [-0.15, -0.1) is 11.8 Å². The number of ether oxygens (including phenoxy) is 3. The standard InChI is InChI=1S/C41H49N3O7S2/c1-29(2)52-37-26-33(20-21-35(37)39(45)43-53(47,48)34-14-11-23-42-27-34)31-18-16-30(17-19-31)22-24-44(40(46)51-41(3,4)5)28-36(32-12-7-6-8-13-32)50-38-15-9-10-25-49-38/h6-8,11-14,16-21,23,26-27,29,36,38H,9-10,15,22,24-25,28H2,1-5H3,(H,43,45)/t36-,38?/m0/s1. The molecule has 53 heavy (non-hydrogen) atoms. The number of benzene rings is 3. The van der Waals surface area contributed by atoms with Gasteiger partial charge >= 0.3 is 6.09 Å². The average molecular weight is 760 g/mol. The highest BCUT2D eigenvalue weighted by Crippen LogP contribution is 2.32. The molecule has 1 N–H and O–H groups in total. The lowest BCUT2D eigenvalue weighted by atomic mass is 10.0. The Kier molecular flexibility index (Phi) is 13.7. The molecule has 1 aromatic heterocycles. The van der Waals surface area contributed by atoms with Crippen molar-refractivity contribution in [3.8, 4) is 11.1 Å². The summed E-state index contributed by atoms with van der Waals surface area (Å²) in [5.41, 5.74) is 3.42. The van der Waals surface area contributed by atoms with Gasteiger partial charge in [-0.1, -0.05) is 74.5 Å². The number of thioether (sulfide) groups is 1. The van der Waals surface area contributed by atoms with Crippen molar-refractivity contribution in [2.24, 2.45) is 0 Å². The fourth-order valence-electron chi connectivity index (χ4n) is 5.79. The Labute approximate surface area is 317 Å². The number of nitrogens with one attached hydrogen (secondary N) is 1. The highest BCUT2D eigenvalue weighted by molar-refractivity contribution is 8.00. The highest BCUT2D eigenvalue weighted by Gasteiger charge is 2.28. The first-order chi connectivity index (χ1) is 25.3. The van der Waals surface area contributed by atoms with E-state index in [4.69, 9.17) is 14.2 Å². The summed E-state index contributed by atoms with van der Waals surface area (Å²) in [6.07, 6.45) is 4.97. The molecule has 0 bridgehead atoms. The van der Waals surface area contributed by atoms with Crippen LogP contribution in [0.2, 0.25) is 0 Å². The van der Waals surface area contributed by atoms with Gasteiger partial charge in [0.25, 0.3) is 15.9 Å². The molecular formula is C41H49N3O7S2. The second-order valence-electron chi connectivity index (χ2n) is 14.2. The van der Waals surface area contributed by atoms with Crippen LogP contribution < -0.4 is 4.72 Å². The fraction of sp³-hybridized carbons (Fsp3) is 0.390. The van der Waals surface area contributed by atoms with Crippen LogP contribution in [-0.4, -0.2) is 67.1 Å². The fourth-order valence-corrected chi connectivity index (χ4v) is 7.71. The zero-order valence-corrected chi connectivity index (χ0v) is 32.6. The smallest absolute Gasteiger partial charge is 0.410 e. The lowest BCUT2D eigenvalue weighted by Crippen LogP contribution is -2.41. The molecule has 5 rings (SSSR count). The largest absolute Gasteiger partial charge is 0.444 e. The van der Waals surface area contributed by atoms with E-state index in [9.17, 15) is 18.0 Å². The molecule has 2 heterocycles. The minimum absolute atomic E-state index is 0.0873. The van der Waals surface area contributed by atoms with Crippen molar-refractivity contribution in [1.29, 1.82) is 0 Å². The van der Waals surface area contributed by atoms with E-state index in [-0.39, 0.29) is 22.0 Å². The molecule has 3 aromatic carbocycles. The Morgan fingerprint density at radius 3 is 2.36 bits per heavy atom. The van der Waals surface area contributed by atoms with Gasteiger partial charge in [-0.25, -0.2) is 17.9 Å². The van der Waals surface area contributed by atoms with Gasteiger partial charge in [-0.2, -0.15) is 0 Å². The Morgan fingerprint density at radius 1 is 0.981 bits per heavy atom. The molecule has 1 fully saturated rings. The minimum Gasteiger partial charge on any atom is -0.444 e. The predicted molar refractivity (Wildman–Crippen MR) is 207 cm³/mol. The molecular weight excluding hydrogens is 711 g/mol. The molecule has 0 radical (unpaired) electrons. The van der Waals surface area contributed by atoms with Crippen molar-refractivity contribution in [2.75, 3.05) is 19.7 Å². The summed E-state index contributed by atoms with van der Waals surface area (Å²) in [5.74, 6) is -0.709. The van der Waals surface area contributed by atoms with Gasteiger partial charge in [0.1, 0.15) is 16.6 Å². The van der Waals surface area contributed by atoms with Gasteiger partial charge in [0.05, 0.1) is 12.1 Å². The topological polar surface area (TPSA) is 124 Å². The van der Waals surface area contributed by atoms with Crippen molar-refractivity contribution < 1.29 is 32.2 Å². The highest BCUT2D eigenvalue weighted by atomic mass is 32.2. The van der Waals surface area contributed by atoms with Crippen LogP contribution in [0.3, 0.4) is 0 Å². The zero-order valence-electron chi connectivity index (χ0n) is 31.0. The Hall–Kier alpha value is -4.23. The maximum absolute atomic E-state index is 13.6. The number of aromatic nitrogens is 1. The second-order valence-corrected chi connectivity index (χ2v) is 17.5. The van der Waals surface area contributed by atoms with E-state index in [2.05, 4.69) is 9.71 Å². The average Bonchev–Trinajstić information content (AvgIpc) is 3.13. The molecule has 2 atom stereocenters. The summed E-state index contributed by atoms with van der Waals surface area (Å²) in [7, 11) is -4.09. The first-order valence-corrected chi connectivity index (χ1v) is 20.3. The number of nitrogens with zero attached hydrogens (tertiary/aromatic N) is 2. The summed E-state index contributed by atoms with van der Waals surface area (Å²) < 4.78 is 46.1. The summed E-state index contributed by atoms with van der Waals surface area (Å²) in [5, 5.41) is 0.143. The van der Waals surface area contributed by atoms with Crippen molar-refractivity contribution in [2.45, 2.75) is 93.3 Å². The number of sulfonamides is 1. The van der Waals surface area contributed by atoms with Crippen LogP contribution in [0.5, 0.6) is 0 Å². The number of rotatable bonds is 14. The van der Waals surface area contributed by atoms with E-state index < -0.39 is 33.7 Å². The van der Waals surface area contributed by atoms with Crippen molar-refractivity contribution in [3.05, 3.63) is 114 Å². The van der Waals surface area contributed by atoms with Crippen molar-refractivity contribution in [3.63, 3.8) is 0 Å².